The molecule has 0 radical (unpaired) electrons. The van der Waals surface area contributed by atoms with Crippen LogP contribution in [-0.4, -0.2) is 17.6 Å². The van der Waals surface area contributed by atoms with Crippen LogP contribution in [-0.2, 0) is 0 Å². The Morgan fingerprint density at radius 3 is 2.50 bits per heavy atom. The minimum atomic E-state index is 0.270. The van der Waals surface area contributed by atoms with Gasteiger partial charge in [0.25, 0.3) is 0 Å². The minimum Gasteiger partial charge on any atom is -0.268 e. The van der Waals surface area contributed by atoms with Crippen molar-refractivity contribution in [3.63, 3.8) is 0 Å². The van der Waals surface area contributed by atoms with Gasteiger partial charge in [-0.05, 0) is 30.9 Å². The second-order valence-electron chi connectivity index (χ2n) is 4.41. The summed E-state index contributed by atoms with van der Waals surface area (Å²) in [5, 5.41) is 1.93. The summed E-state index contributed by atoms with van der Waals surface area (Å²) in [5.41, 5.74) is 2.94. The highest BCUT2D eigenvalue weighted by Crippen LogP contribution is 2.56. The summed E-state index contributed by atoms with van der Waals surface area (Å²) in [5.74, 6) is 5.99. The fourth-order valence-electron chi connectivity index (χ4n) is 2.47. The number of hydrogen-bond acceptors (Lipinski definition) is 2. The lowest BCUT2D eigenvalue weighted by Crippen LogP contribution is -2.48. The molecule has 2 rings (SSSR count). The van der Waals surface area contributed by atoms with Crippen LogP contribution in [0.25, 0.3) is 0 Å². The Kier molecular flexibility index (Phi) is 2.13. The van der Waals surface area contributed by atoms with Crippen molar-refractivity contribution in [2.45, 2.75) is 25.8 Å². The van der Waals surface area contributed by atoms with Crippen LogP contribution in [0.15, 0.2) is 36.5 Å². The zero-order valence-corrected chi connectivity index (χ0v) is 8.79. The van der Waals surface area contributed by atoms with Crippen LogP contribution >= 0.6 is 0 Å². The third-order valence-electron chi connectivity index (χ3n) is 3.59. The minimum absolute atomic E-state index is 0.270. The van der Waals surface area contributed by atoms with Crippen molar-refractivity contribution in [1.82, 2.24) is 5.01 Å². The molecule has 0 saturated heterocycles. The standard InChI is InChI=1S/C12H18N2/c1-4-10-9(3)14(13)8-12(6-7-12)11(10)5-2/h4-5,9H,1-2,6-8,13H2,3H3. The van der Waals surface area contributed by atoms with Gasteiger partial charge in [0, 0.05) is 18.0 Å². The molecule has 1 saturated carbocycles. The Hall–Kier alpha value is -0.860. The van der Waals surface area contributed by atoms with E-state index in [0.717, 1.165) is 6.54 Å². The van der Waals surface area contributed by atoms with E-state index >= 15 is 0 Å². The highest BCUT2D eigenvalue weighted by molar-refractivity contribution is 5.44. The third kappa shape index (κ3) is 1.18. The molecule has 1 heterocycles. The van der Waals surface area contributed by atoms with Crippen LogP contribution in [0.3, 0.4) is 0 Å². The van der Waals surface area contributed by atoms with Crippen LogP contribution in [0.5, 0.6) is 0 Å². The van der Waals surface area contributed by atoms with Crippen molar-refractivity contribution in [1.29, 1.82) is 0 Å². The summed E-state index contributed by atoms with van der Waals surface area (Å²) in [6.07, 6.45) is 6.41. The Morgan fingerprint density at radius 2 is 2.07 bits per heavy atom. The lowest BCUT2D eigenvalue weighted by atomic mass is 9.84. The summed E-state index contributed by atoms with van der Waals surface area (Å²) >= 11 is 0. The normalized spacial score (nSPS) is 30.6. The molecule has 2 aliphatic rings. The van der Waals surface area contributed by atoms with Gasteiger partial charge >= 0.3 is 0 Å². The fourth-order valence-corrected chi connectivity index (χ4v) is 2.47. The van der Waals surface area contributed by atoms with Gasteiger partial charge in [-0.2, -0.15) is 0 Å². The molecule has 2 N–H and O–H groups in total. The van der Waals surface area contributed by atoms with Gasteiger partial charge in [-0.15, -0.1) is 0 Å². The number of nitrogens with zero attached hydrogens (tertiary/aromatic N) is 1. The van der Waals surface area contributed by atoms with Crippen LogP contribution < -0.4 is 5.84 Å². The number of rotatable bonds is 2. The van der Waals surface area contributed by atoms with E-state index in [1.54, 1.807) is 0 Å². The van der Waals surface area contributed by atoms with E-state index in [-0.39, 0.29) is 6.04 Å². The first-order valence-corrected chi connectivity index (χ1v) is 5.15. The molecular weight excluding hydrogens is 172 g/mol. The van der Waals surface area contributed by atoms with E-state index in [2.05, 4.69) is 20.1 Å². The maximum atomic E-state index is 5.99. The summed E-state index contributed by atoms with van der Waals surface area (Å²) in [7, 11) is 0. The van der Waals surface area contributed by atoms with Crippen LogP contribution in [0.2, 0.25) is 0 Å². The molecule has 0 aromatic carbocycles. The van der Waals surface area contributed by atoms with Gasteiger partial charge in [-0.1, -0.05) is 25.3 Å². The first-order valence-electron chi connectivity index (χ1n) is 5.15. The average molecular weight is 190 g/mol. The van der Waals surface area contributed by atoms with Crippen molar-refractivity contribution < 1.29 is 0 Å². The molecule has 1 spiro atoms. The van der Waals surface area contributed by atoms with Crippen molar-refractivity contribution >= 4 is 0 Å². The van der Waals surface area contributed by atoms with Gasteiger partial charge in [0.2, 0.25) is 0 Å². The number of allylic oxidation sites excluding steroid dienone is 1. The topological polar surface area (TPSA) is 29.3 Å². The monoisotopic (exact) mass is 190 g/mol. The van der Waals surface area contributed by atoms with Crippen molar-refractivity contribution in [2.24, 2.45) is 11.3 Å². The molecule has 1 aliphatic carbocycles. The molecule has 1 fully saturated rings. The highest BCUT2D eigenvalue weighted by Gasteiger charge is 2.50. The van der Waals surface area contributed by atoms with E-state index in [1.807, 2.05) is 17.2 Å². The molecule has 0 amide bonds. The Balaban J connectivity index is 2.47. The van der Waals surface area contributed by atoms with Crippen molar-refractivity contribution in [3.05, 3.63) is 36.5 Å². The van der Waals surface area contributed by atoms with Gasteiger partial charge in [0.05, 0.1) is 0 Å². The van der Waals surface area contributed by atoms with E-state index in [4.69, 9.17) is 5.84 Å². The maximum Gasteiger partial charge on any atom is 0.0465 e. The molecule has 1 atom stereocenters. The summed E-state index contributed by atoms with van der Waals surface area (Å²) in [6.45, 7) is 10.9. The second kappa shape index (κ2) is 3.07. The number of hydrazine groups is 1. The first-order chi connectivity index (χ1) is 6.64. The Morgan fingerprint density at radius 1 is 1.43 bits per heavy atom. The lowest BCUT2D eigenvalue weighted by molar-refractivity contribution is 0.188. The average Bonchev–Trinajstić information content (AvgIpc) is 2.92. The van der Waals surface area contributed by atoms with Gasteiger partial charge in [0.1, 0.15) is 0 Å². The largest absolute Gasteiger partial charge is 0.268 e. The van der Waals surface area contributed by atoms with E-state index in [0.29, 0.717) is 5.41 Å². The predicted molar refractivity (Wildman–Crippen MR) is 59.4 cm³/mol. The second-order valence-corrected chi connectivity index (χ2v) is 4.41. The van der Waals surface area contributed by atoms with Crippen LogP contribution in [0.1, 0.15) is 19.8 Å². The molecule has 14 heavy (non-hydrogen) atoms. The molecule has 0 aromatic rings. The molecule has 2 nitrogen and oxygen atoms in total. The molecule has 2 heteroatoms. The quantitative estimate of drug-likeness (QED) is 0.675. The van der Waals surface area contributed by atoms with Gasteiger partial charge < -0.3 is 0 Å². The highest BCUT2D eigenvalue weighted by atomic mass is 15.4. The summed E-state index contributed by atoms with van der Waals surface area (Å²) in [6, 6.07) is 0.270. The van der Waals surface area contributed by atoms with E-state index in [1.165, 1.54) is 24.0 Å². The SMILES string of the molecule is C=CC1=C(C=C)C2(CC2)CN(N)C1C. The lowest BCUT2D eigenvalue weighted by Gasteiger charge is -2.37. The summed E-state index contributed by atoms with van der Waals surface area (Å²) in [4.78, 5) is 0. The van der Waals surface area contributed by atoms with Crippen molar-refractivity contribution in [3.8, 4) is 0 Å². The first kappa shape index (κ1) is 9.69. The zero-order valence-electron chi connectivity index (χ0n) is 8.79. The predicted octanol–water partition coefficient (Wildman–Crippen LogP) is 2.01. The smallest absolute Gasteiger partial charge is 0.0465 e. The van der Waals surface area contributed by atoms with E-state index in [9.17, 15) is 0 Å². The van der Waals surface area contributed by atoms with Gasteiger partial charge in [-0.3, -0.25) is 5.84 Å². The maximum absolute atomic E-state index is 5.99. The summed E-state index contributed by atoms with van der Waals surface area (Å²) < 4.78 is 0. The molecule has 1 aliphatic heterocycles. The number of nitrogens with two attached hydrogens (primary N) is 1. The molecular formula is C12H18N2. The number of hydrogen-bond donors (Lipinski definition) is 1. The van der Waals surface area contributed by atoms with Crippen LogP contribution in [0.4, 0.5) is 0 Å². The van der Waals surface area contributed by atoms with Crippen molar-refractivity contribution in [2.75, 3.05) is 6.54 Å². The molecule has 0 bridgehead atoms. The fraction of sp³-hybridized carbons (Fsp3) is 0.500. The third-order valence-corrected chi connectivity index (χ3v) is 3.59. The van der Waals surface area contributed by atoms with Crippen LogP contribution in [0, 0.1) is 5.41 Å². The van der Waals surface area contributed by atoms with Gasteiger partial charge in [-0.25, -0.2) is 5.01 Å². The molecule has 76 valence electrons. The molecule has 0 aromatic heterocycles. The molecule has 1 unspecified atom stereocenters. The van der Waals surface area contributed by atoms with Gasteiger partial charge in [0.15, 0.2) is 0 Å². The van der Waals surface area contributed by atoms with E-state index < -0.39 is 0 Å². The zero-order chi connectivity index (χ0) is 10.3. The Bertz CT molecular complexity index is 310. The Labute approximate surface area is 85.7 Å².